The van der Waals surface area contributed by atoms with E-state index in [2.05, 4.69) is 5.32 Å². The number of benzene rings is 2. The molecule has 4 rings (SSSR count). The second kappa shape index (κ2) is 8.84. The standard InChI is InChI=1S/C23H20N2O4S/c1-28-17-7-4-6-16(12-17)13-21-23(27)25(19-9-2-3-10-20(19)29-21)15-22(26)24-14-18-8-5-11-30-18/h2-13H,14-15H2,1H3,(H,24,26). The third-order valence-corrected chi connectivity index (χ3v) is 5.44. The van der Waals surface area contributed by atoms with Gasteiger partial charge in [0.25, 0.3) is 5.91 Å². The van der Waals surface area contributed by atoms with Crippen molar-refractivity contribution in [1.82, 2.24) is 5.32 Å². The van der Waals surface area contributed by atoms with E-state index in [1.54, 1.807) is 36.7 Å². The van der Waals surface area contributed by atoms with Crippen molar-refractivity contribution in [3.8, 4) is 11.5 Å². The fourth-order valence-electron chi connectivity index (χ4n) is 3.10. The van der Waals surface area contributed by atoms with Gasteiger partial charge in [0.15, 0.2) is 11.5 Å². The van der Waals surface area contributed by atoms with Crippen molar-refractivity contribution in [2.45, 2.75) is 6.54 Å². The van der Waals surface area contributed by atoms with Crippen LogP contribution < -0.4 is 19.7 Å². The molecule has 0 saturated heterocycles. The van der Waals surface area contributed by atoms with Crippen LogP contribution in [0.1, 0.15) is 10.4 Å². The van der Waals surface area contributed by atoms with Crippen LogP contribution in [0.15, 0.2) is 71.8 Å². The molecular formula is C23H20N2O4S. The van der Waals surface area contributed by atoms with Crippen molar-refractivity contribution in [1.29, 1.82) is 0 Å². The molecule has 0 spiro atoms. The Labute approximate surface area is 178 Å². The summed E-state index contributed by atoms with van der Waals surface area (Å²) in [4.78, 5) is 28.2. The van der Waals surface area contributed by atoms with Gasteiger partial charge >= 0.3 is 0 Å². The minimum atomic E-state index is -0.372. The van der Waals surface area contributed by atoms with Crippen molar-refractivity contribution >= 4 is 34.9 Å². The van der Waals surface area contributed by atoms with E-state index in [0.717, 1.165) is 10.4 Å². The molecule has 0 aliphatic carbocycles. The van der Waals surface area contributed by atoms with Crippen LogP contribution in [0.3, 0.4) is 0 Å². The van der Waals surface area contributed by atoms with Gasteiger partial charge in [-0.25, -0.2) is 0 Å². The third-order valence-electron chi connectivity index (χ3n) is 4.57. The average Bonchev–Trinajstić information content (AvgIpc) is 3.29. The minimum absolute atomic E-state index is 0.0972. The van der Waals surface area contributed by atoms with Gasteiger partial charge in [0.05, 0.1) is 19.3 Å². The largest absolute Gasteiger partial charge is 0.497 e. The van der Waals surface area contributed by atoms with E-state index < -0.39 is 0 Å². The molecule has 0 fully saturated rings. The number of hydrogen-bond acceptors (Lipinski definition) is 5. The molecule has 0 radical (unpaired) electrons. The summed E-state index contributed by atoms with van der Waals surface area (Å²) in [6, 6.07) is 18.4. The lowest BCUT2D eigenvalue weighted by molar-refractivity contribution is -0.123. The second-order valence-corrected chi connectivity index (χ2v) is 7.63. The maximum absolute atomic E-state index is 13.1. The number of ether oxygens (including phenoxy) is 2. The normalized spacial score (nSPS) is 14.2. The SMILES string of the molecule is COc1cccc(C=C2Oc3ccccc3N(CC(=O)NCc3cccs3)C2=O)c1. The van der Waals surface area contributed by atoms with E-state index in [-0.39, 0.29) is 24.1 Å². The van der Waals surface area contributed by atoms with Gasteiger partial charge in [0.1, 0.15) is 12.3 Å². The zero-order valence-electron chi connectivity index (χ0n) is 16.3. The van der Waals surface area contributed by atoms with Gasteiger partial charge in [-0.3, -0.25) is 14.5 Å². The molecule has 0 saturated carbocycles. The zero-order chi connectivity index (χ0) is 20.9. The Balaban J connectivity index is 1.57. The van der Waals surface area contributed by atoms with Crippen LogP contribution in [-0.2, 0) is 16.1 Å². The number of carbonyl (C=O) groups excluding carboxylic acids is 2. The maximum atomic E-state index is 13.1. The molecule has 7 heteroatoms. The van der Waals surface area contributed by atoms with Gasteiger partial charge in [0, 0.05) is 4.88 Å². The van der Waals surface area contributed by atoms with Crippen molar-refractivity contribution < 1.29 is 19.1 Å². The van der Waals surface area contributed by atoms with Crippen molar-refractivity contribution in [2.75, 3.05) is 18.6 Å². The fraction of sp³-hybridized carbons (Fsp3) is 0.130. The van der Waals surface area contributed by atoms with Crippen LogP contribution in [-0.4, -0.2) is 25.5 Å². The van der Waals surface area contributed by atoms with Gasteiger partial charge in [0.2, 0.25) is 5.91 Å². The zero-order valence-corrected chi connectivity index (χ0v) is 17.1. The lowest BCUT2D eigenvalue weighted by Crippen LogP contribution is -2.44. The number of rotatable bonds is 6. The van der Waals surface area contributed by atoms with Gasteiger partial charge in [-0.2, -0.15) is 0 Å². The Morgan fingerprint density at radius 2 is 2.03 bits per heavy atom. The number of nitrogens with one attached hydrogen (secondary N) is 1. The van der Waals surface area contributed by atoms with Gasteiger partial charge in [-0.1, -0.05) is 30.3 Å². The van der Waals surface area contributed by atoms with E-state index in [0.29, 0.717) is 23.7 Å². The summed E-state index contributed by atoms with van der Waals surface area (Å²) in [5.74, 6) is 0.736. The van der Waals surface area contributed by atoms with Crippen LogP contribution >= 0.6 is 11.3 Å². The number of anilines is 1. The molecule has 30 heavy (non-hydrogen) atoms. The summed E-state index contributed by atoms with van der Waals surface area (Å²) in [6.45, 7) is 0.337. The Morgan fingerprint density at radius 3 is 2.83 bits per heavy atom. The number of nitrogens with zero attached hydrogens (tertiary/aromatic N) is 1. The highest BCUT2D eigenvalue weighted by atomic mass is 32.1. The van der Waals surface area contributed by atoms with Gasteiger partial charge in [-0.05, 0) is 47.4 Å². The molecule has 2 heterocycles. The average molecular weight is 420 g/mol. The van der Waals surface area contributed by atoms with E-state index in [1.807, 2.05) is 53.9 Å². The van der Waals surface area contributed by atoms with Crippen molar-refractivity contribution in [2.24, 2.45) is 0 Å². The number of amides is 2. The maximum Gasteiger partial charge on any atom is 0.294 e. The molecule has 2 aromatic carbocycles. The lowest BCUT2D eigenvalue weighted by atomic mass is 10.1. The monoisotopic (exact) mass is 420 g/mol. The van der Waals surface area contributed by atoms with Gasteiger partial charge < -0.3 is 14.8 Å². The molecule has 0 unspecified atom stereocenters. The minimum Gasteiger partial charge on any atom is -0.497 e. The van der Waals surface area contributed by atoms with Crippen molar-refractivity contribution in [3.63, 3.8) is 0 Å². The number of para-hydroxylation sites is 2. The Bertz CT molecular complexity index is 1090. The molecule has 0 bridgehead atoms. The van der Waals surface area contributed by atoms with Gasteiger partial charge in [-0.15, -0.1) is 11.3 Å². The predicted octanol–water partition coefficient (Wildman–Crippen LogP) is 3.84. The van der Waals surface area contributed by atoms with E-state index in [9.17, 15) is 9.59 Å². The first-order chi connectivity index (χ1) is 14.6. The number of hydrogen-bond donors (Lipinski definition) is 1. The molecule has 1 aromatic heterocycles. The summed E-state index contributed by atoms with van der Waals surface area (Å²) >= 11 is 1.57. The quantitative estimate of drug-likeness (QED) is 0.616. The van der Waals surface area contributed by atoms with Crippen LogP contribution in [0.4, 0.5) is 5.69 Å². The fourth-order valence-corrected chi connectivity index (χ4v) is 3.74. The second-order valence-electron chi connectivity index (χ2n) is 6.60. The summed E-state index contributed by atoms with van der Waals surface area (Å²) in [7, 11) is 1.58. The van der Waals surface area contributed by atoms with E-state index in [4.69, 9.17) is 9.47 Å². The van der Waals surface area contributed by atoms with E-state index in [1.165, 1.54) is 4.90 Å². The summed E-state index contributed by atoms with van der Waals surface area (Å²) < 4.78 is 11.1. The van der Waals surface area contributed by atoms with Crippen molar-refractivity contribution in [3.05, 3.63) is 82.2 Å². The number of methoxy groups -OCH3 is 1. The first kappa shape index (κ1) is 19.7. The molecule has 6 nitrogen and oxygen atoms in total. The van der Waals surface area contributed by atoms with Crippen LogP contribution in [0.2, 0.25) is 0 Å². The number of carbonyl (C=O) groups is 2. The topological polar surface area (TPSA) is 67.9 Å². The highest BCUT2D eigenvalue weighted by molar-refractivity contribution is 7.09. The number of thiophene rings is 1. The smallest absolute Gasteiger partial charge is 0.294 e. The molecule has 2 amide bonds. The summed E-state index contributed by atoms with van der Waals surface area (Å²) in [6.07, 6.45) is 1.65. The molecular weight excluding hydrogens is 400 g/mol. The lowest BCUT2D eigenvalue weighted by Gasteiger charge is -2.30. The number of fused-ring (bicyclic) bond motifs is 1. The third kappa shape index (κ3) is 4.36. The molecule has 152 valence electrons. The highest BCUT2D eigenvalue weighted by Crippen LogP contribution is 2.35. The molecule has 3 aromatic rings. The first-order valence-electron chi connectivity index (χ1n) is 9.37. The van der Waals surface area contributed by atoms with Crippen LogP contribution in [0.25, 0.3) is 6.08 Å². The van der Waals surface area contributed by atoms with Crippen LogP contribution in [0.5, 0.6) is 11.5 Å². The Kier molecular flexibility index (Phi) is 5.81. The molecule has 1 N–H and O–H groups in total. The molecule has 1 aliphatic heterocycles. The molecule has 0 atom stereocenters. The predicted molar refractivity (Wildman–Crippen MR) is 117 cm³/mol. The van der Waals surface area contributed by atoms with E-state index >= 15 is 0 Å². The summed E-state index contributed by atoms with van der Waals surface area (Å²) in [5.41, 5.74) is 1.33. The Morgan fingerprint density at radius 1 is 1.17 bits per heavy atom. The molecule has 1 aliphatic rings. The first-order valence-corrected chi connectivity index (χ1v) is 10.3. The van der Waals surface area contributed by atoms with Crippen LogP contribution in [0, 0.1) is 0 Å². The summed E-state index contributed by atoms with van der Waals surface area (Å²) in [5, 5.41) is 4.82. The Hall–Kier alpha value is -3.58. The highest BCUT2D eigenvalue weighted by Gasteiger charge is 2.31.